The second-order valence-corrected chi connectivity index (χ2v) is 9.68. The van der Waals surface area contributed by atoms with Gasteiger partial charge in [0, 0.05) is 24.3 Å². The third kappa shape index (κ3) is 5.96. The second kappa shape index (κ2) is 10.8. The Balaban J connectivity index is 1.61. The van der Waals surface area contributed by atoms with Gasteiger partial charge < -0.3 is 20.0 Å². The van der Waals surface area contributed by atoms with Gasteiger partial charge >= 0.3 is 5.97 Å². The fourth-order valence-electron chi connectivity index (χ4n) is 4.69. The number of nitrogens with zero attached hydrogens (tertiary/aromatic N) is 2. The largest absolute Gasteiger partial charge is 0.395 e. The summed E-state index contributed by atoms with van der Waals surface area (Å²) in [5.41, 5.74) is 6.09. The molecule has 2 aromatic carbocycles. The Kier molecular flexibility index (Phi) is 7.63. The monoisotopic (exact) mass is 472 g/mol. The van der Waals surface area contributed by atoms with Crippen LogP contribution in [0.1, 0.15) is 37.8 Å². The van der Waals surface area contributed by atoms with Crippen molar-refractivity contribution in [3.8, 4) is 0 Å². The molecule has 0 unspecified atom stereocenters. The van der Waals surface area contributed by atoms with Gasteiger partial charge in [0.2, 0.25) is 0 Å². The van der Waals surface area contributed by atoms with Crippen molar-refractivity contribution in [3.05, 3.63) is 94.6 Å². The molecule has 0 spiro atoms. The summed E-state index contributed by atoms with van der Waals surface area (Å²) in [6, 6.07) is 17.7. The maximum atomic E-state index is 12.7. The number of oxime groups is 1. The van der Waals surface area contributed by atoms with Crippen molar-refractivity contribution in [1.82, 2.24) is 0 Å². The molecule has 35 heavy (non-hydrogen) atoms. The smallest absolute Gasteiger partial charge is 0.368 e. The Labute approximate surface area is 206 Å². The number of carbonyl (C=O) groups is 1. The molecule has 0 fully saturated rings. The molecular formula is C29H32N2O4. The van der Waals surface area contributed by atoms with E-state index in [9.17, 15) is 15.0 Å². The van der Waals surface area contributed by atoms with E-state index in [0.29, 0.717) is 24.4 Å². The van der Waals surface area contributed by atoms with Crippen LogP contribution >= 0.6 is 0 Å². The molecule has 0 atom stereocenters. The van der Waals surface area contributed by atoms with Gasteiger partial charge in [-0.2, -0.15) is 0 Å². The Hall–Kier alpha value is -3.48. The highest BCUT2D eigenvalue weighted by Crippen LogP contribution is 2.41. The van der Waals surface area contributed by atoms with E-state index >= 15 is 0 Å². The summed E-state index contributed by atoms with van der Waals surface area (Å²) in [6.45, 7) is 5.44. The van der Waals surface area contributed by atoms with Crippen molar-refractivity contribution in [2.45, 2.75) is 26.7 Å². The van der Waals surface area contributed by atoms with Crippen molar-refractivity contribution in [1.29, 1.82) is 0 Å². The predicted octanol–water partition coefficient (Wildman–Crippen LogP) is 4.49. The lowest BCUT2D eigenvalue weighted by Gasteiger charge is -2.31. The van der Waals surface area contributed by atoms with Crippen molar-refractivity contribution < 1.29 is 19.8 Å². The SMILES string of the molecule is CC1(C)CC(/C=C/c2ccc(N(CCO)CCO)cc2)=CC(=C2/C(=O)ON=C2c2ccccc2)/C1. The van der Waals surface area contributed by atoms with Gasteiger partial charge in [0.05, 0.1) is 18.8 Å². The molecule has 1 aliphatic carbocycles. The first kappa shape index (κ1) is 24.6. The van der Waals surface area contributed by atoms with Gasteiger partial charge in [-0.05, 0) is 47.1 Å². The summed E-state index contributed by atoms with van der Waals surface area (Å²) in [6.07, 6.45) is 7.93. The number of rotatable bonds is 8. The van der Waals surface area contributed by atoms with E-state index in [4.69, 9.17) is 4.84 Å². The fraction of sp³-hybridized carbons (Fsp3) is 0.310. The lowest BCUT2D eigenvalue weighted by Crippen LogP contribution is -2.29. The van der Waals surface area contributed by atoms with Crippen molar-refractivity contribution in [2.75, 3.05) is 31.2 Å². The maximum absolute atomic E-state index is 12.7. The Morgan fingerprint density at radius 2 is 1.66 bits per heavy atom. The van der Waals surface area contributed by atoms with Gasteiger partial charge in [0.1, 0.15) is 5.71 Å². The first-order valence-corrected chi connectivity index (χ1v) is 11.9. The molecular weight excluding hydrogens is 440 g/mol. The molecule has 0 saturated heterocycles. The molecule has 6 heteroatoms. The summed E-state index contributed by atoms with van der Waals surface area (Å²) in [5.74, 6) is -0.401. The molecule has 182 valence electrons. The summed E-state index contributed by atoms with van der Waals surface area (Å²) >= 11 is 0. The van der Waals surface area contributed by atoms with Crippen molar-refractivity contribution in [3.63, 3.8) is 0 Å². The minimum atomic E-state index is -0.401. The van der Waals surface area contributed by atoms with Crippen LogP contribution in [0.5, 0.6) is 0 Å². The van der Waals surface area contributed by atoms with Crippen molar-refractivity contribution in [2.24, 2.45) is 10.6 Å². The Bertz CT molecular complexity index is 1170. The maximum Gasteiger partial charge on any atom is 0.368 e. The summed E-state index contributed by atoms with van der Waals surface area (Å²) in [5, 5.41) is 22.6. The average Bonchev–Trinajstić information content (AvgIpc) is 3.24. The number of allylic oxidation sites excluding steroid dienone is 4. The number of benzene rings is 2. The van der Waals surface area contributed by atoms with Crippen LogP contribution in [0.4, 0.5) is 5.69 Å². The number of carbonyl (C=O) groups excluding carboxylic acids is 1. The third-order valence-electron chi connectivity index (χ3n) is 6.23. The van der Waals surface area contributed by atoms with Gasteiger partial charge in [-0.15, -0.1) is 0 Å². The van der Waals surface area contributed by atoms with Crippen LogP contribution in [0.15, 0.2) is 88.6 Å². The summed E-state index contributed by atoms with van der Waals surface area (Å²) < 4.78 is 0. The minimum absolute atomic E-state index is 0.0135. The summed E-state index contributed by atoms with van der Waals surface area (Å²) in [4.78, 5) is 19.7. The quantitative estimate of drug-likeness (QED) is 0.437. The highest BCUT2D eigenvalue weighted by atomic mass is 16.7. The van der Waals surface area contributed by atoms with E-state index in [0.717, 1.165) is 40.8 Å². The highest BCUT2D eigenvalue weighted by molar-refractivity contribution is 6.29. The lowest BCUT2D eigenvalue weighted by atomic mass is 9.73. The number of hydrogen-bond acceptors (Lipinski definition) is 6. The van der Waals surface area contributed by atoms with Gasteiger partial charge in [-0.3, -0.25) is 0 Å². The normalized spacial score (nSPS) is 19.5. The number of aliphatic hydroxyl groups excluding tert-OH is 2. The molecule has 6 nitrogen and oxygen atoms in total. The average molecular weight is 473 g/mol. The van der Waals surface area contributed by atoms with Gasteiger partial charge in [0.15, 0.2) is 0 Å². The standard InChI is InChI=1S/C29H32N2O4/c1-29(2)19-22(9-8-21-10-12-25(13-11-21)31(14-16-32)15-17-33)18-24(20-29)26-27(30-35-28(26)34)23-6-4-3-5-7-23/h3-13,18,32-33H,14-17,19-20H2,1-2H3/b9-8+,26-24-. The van der Waals surface area contributed by atoms with E-state index in [1.807, 2.05) is 59.5 Å². The Morgan fingerprint density at radius 1 is 0.971 bits per heavy atom. The molecule has 4 rings (SSSR count). The van der Waals surface area contributed by atoms with Crippen LogP contribution in [0.2, 0.25) is 0 Å². The molecule has 2 aromatic rings. The minimum Gasteiger partial charge on any atom is -0.395 e. The zero-order valence-corrected chi connectivity index (χ0v) is 20.3. The van der Waals surface area contributed by atoms with Crippen LogP contribution in [-0.4, -0.2) is 48.2 Å². The molecule has 2 aliphatic rings. The molecule has 2 N–H and O–H groups in total. The van der Waals surface area contributed by atoms with E-state index in [-0.39, 0.29) is 18.6 Å². The molecule has 0 saturated carbocycles. The predicted molar refractivity (Wildman–Crippen MR) is 139 cm³/mol. The highest BCUT2D eigenvalue weighted by Gasteiger charge is 2.34. The zero-order chi connectivity index (χ0) is 24.8. The van der Waals surface area contributed by atoms with Crippen LogP contribution < -0.4 is 4.90 Å². The number of anilines is 1. The number of hydrogen-bond donors (Lipinski definition) is 2. The molecule has 0 radical (unpaired) electrons. The fourth-order valence-corrected chi connectivity index (χ4v) is 4.69. The molecule has 0 amide bonds. The van der Waals surface area contributed by atoms with Crippen LogP contribution in [0, 0.1) is 5.41 Å². The van der Waals surface area contributed by atoms with Gasteiger partial charge in [0.25, 0.3) is 0 Å². The lowest BCUT2D eigenvalue weighted by molar-refractivity contribution is -0.136. The topological polar surface area (TPSA) is 82.4 Å². The molecule has 1 heterocycles. The number of aliphatic hydroxyl groups is 2. The van der Waals surface area contributed by atoms with E-state index in [1.54, 1.807) is 0 Å². The summed E-state index contributed by atoms with van der Waals surface area (Å²) in [7, 11) is 0. The van der Waals surface area contributed by atoms with Crippen LogP contribution in [0.3, 0.4) is 0 Å². The van der Waals surface area contributed by atoms with E-state index < -0.39 is 5.97 Å². The van der Waals surface area contributed by atoms with E-state index in [2.05, 4.69) is 37.2 Å². The zero-order valence-electron chi connectivity index (χ0n) is 20.3. The Morgan fingerprint density at radius 3 is 2.31 bits per heavy atom. The molecule has 1 aliphatic heterocycles. The van der Waals surface area contributed by atoms with Crippen LogP contribution in [0.25, 0.3) is 6.08 Å². The third-order valence-corrected chi connectivity index (χ3v) is 6.23. The van der Waals surface area contributed by atoms with Gasteiger partial charge in [-0.25, -0.2) is 4.79 Å². The first-order chi connectivity index (χ1) is 16.9. The van der Waals surface area contributed by atoms with E-state index in [1.165, 1.54) is 0 Å². The second-order valence-electron chi connectivity index (χ2n) is 9.68. The molecule has 0 bridgehead atoms. The van der Waals surface area contributed by atoms with Crippen LogP contribution in [-0.2, 0) is 9.63 Å². The van der Waals surface area contributed by atoms with Crippen molar-refractivity contribution >= 4 is 23.4 Å². The first-order valence-electron chi connectivity index (χ1n) is 11.9. The van der Waals surface area contributed by atoms with Gasteiger partial charge in [-0.1, -0.05) is 79.7 Å². The molecule has 0 aromatic heterocycles.